The quantitative estimate of drug-likeness (QED) is 0.133. The molecule has 34 heavy (non-hydrogen) atoms. The third-order valence-electron chi connectivity index (χ3n) is 5.53. The number of hydrogen-bond donors (Lipinski definition) is 3. The number of nitrogens with zero attached hydrogens (tertiary/aromatic N) is 3. The minimum Gasteiger partial charge on any atom is -0.479 e. The Morgan fingerprint density at radius 1 is 1.38 bits per heavy atom. The summed E-state index contributed by atoms with van der Waals surface area (Å²) in [6, 6.07) is 10.2. The number of nitrogens with one attached hydrogen (secondary N) is 2. The molecule has 3 unspecified atom stereocenters. The van der Waals surface area contributed by atoms with E-state index in [4.69, 9.17) is 25.8 Å². The lowest BCUT2D eigenvalue weighted by molar-refractivity contribution is -0.385. The fourth-order valence-corrected chi connectivity index (χ4v) is 4.04. The summed E-state index contributed by atoms with van der Waals surface area (Å²) in [5, 5.41) is 38.4. The van der Waals surface area contributed by atoms with Gasteiger partial charge in [-0.15, -0.1) is 4.99 Å². The Morgan fingerprint density at radius 2 is 2.09 bits per heavy atom. The normalized spacial score (nSPS) is 21.9. The average molecular weight is 490 g/mol. The van der Waals surface area contributed by atoms with Gasteiger partial charge in [-0.25, -0.2) is 0 Å². The second-order valence-electron chi connectivity index (χ2n) is 7.64. The molecule has 0 bridgehead atoms. The van der Waals surface area contributed by atoms with E-state index in [-0.39, 0.29) is 23.9 Å². The molecule has 1 heterocycles. The van der Waals surface area contributed by atoms with Gasteiger partial charge in [0.05, 0.1) is 11.0 Å². The van der Waals surface area contributed by atoms with Gasteiger partial charge in [0, 0.05) is 43.5 Å². The Hall–Kier alpha value is -3.43. The van der Waals surface area contributed by atoms with E-state index in [2.05, 4.69) is 15.6 Å². The standard InChI is InChI=1S/C22H24ClN5O6/c1-22(20(32-2)33-3)19(29)18(15-10-14(28(30)31)8-9-17(15)34-22)27-21(26-12-24)25-11-13-6-4-5-7-16(13)23/h4-10,18-20,29H,11H2,1-3H3,(H2,25,26,27). The van der Waals surface area contributed by atoms with E-state index in [0.717, 1.165) is 5.56 Å². The summed E-state index contributed by atoms with van der Waals surface area (Å²) in [4.78, 5) is 14.6. The Kier molecular flexibility index (Phi) is 7.90. The van der Waals surface area contributed by atoms with Crippen LogP contribution in [0, 0.1) is 21.6 Å². The number of rotatable bonds is 7. The van der Waals surface area contributed by atoms with Crippen LogP contribution in [-0.2, 0) is 16.0 Å². The molecule has 3 rings (SSSR count). The molecule has 3 atom stereocenters. The molecule has 0 saturated heterocycles. The highest BCUT2D eigenvalue weighted by atomic mass is 35.5. The van der Waals surface area contributed by atoms with E-state index in [1.54, 1.807) is 31.3 Å². The lowest BCUT2D eigenvalue weighted by atomic mass is 9.84. The minimum atomic E-state index is -1.41. The number of fused-ring (bicyclic) bond motifs is 1. The van der Waals surface area contributed by atoms with Crippen molar-refractivity contribution in [1.82, 2.24) is 10.6 Å². The van der Waals surface area contributed by atoms with Crippen molar-refractivity contribution in [3.05, 3.63) is 68.7 Å². The molecule has 0 aromatic heterocycles. The van der Waals surface area contributed by atoms with Crippen LogP contribution in [0.3, 0.4) is 0 Å². The largest absolute Gasteiger partial charge is 0.479 e. The topological polar surface area (TPSA) is 151 Å². The van der Waals surface area contributed by atoms with Crippen LogP contribution in [0.15, 0.2) is 47.5 Å². The SMILES string of the molecule is COC(OC)C1(C)Oc2ccc([N+](=O)[O-])cc2C(NC(=NC#N)NCc2ccccc2Cl)C1O. The molecule has 1 aliphatic rings. The number of aliphatic imine (C=N–C) groups is 1. The number of nitro groups is 1. The number of guanidine groups is 1. The van der Waals surface area contributed by atoms with Crippen molar-refractivity contribution in [3.63, 3.8) is 0 Å². The molecule has 0 amide bonds. The van der Waals surface area contributed by atoms with Gasteiger partial charge >= 0.3 is 0 Å². The Morgan fingerprint density at radius 3 is 2.71 bits per heavy atom. The number of ether oxygens (including phenoxy) is 3. The molecule has 0 spiro atoms. The van der Waals surface area contributed by atoms with Crippen LogP contribution in [0.5, 0.6) is 5.75 Å². The highest BCUT2D eigenvalue weighted by molar-refractivity contribution is 6.31. The van der Waals surface area contributed by atoms with Gasteiger partial charge in [0.15, 0.2) is 11.9 Å². The zero-order valence-electron chi connectivity index (χ0n) is 18.7. The third kappa shape index (κ3) is 5.05. The summed E-state index contributed by atoms with van der Waals surface area (Å²) in [5.41, 5.74) is -0.549. The van der Waals surface area contributed by atoms with Crippen LogP contribution >= 0.6 is 11.6 Å². The number of aliphatic hydroxyl groups is 1. The molecule has 180 valence electrons. The second-order valence-corrected chi connectivity index (χ2v) is 8.05. The van der Waals surface area contributed by atoms with Crippen molar-refractivity contribution < 1.29 is 24.2 Å². The van der Waals surface area contributed by atoms with Gasteiger partial charge in [-0.3, -0.25) is 10.1 Å². The molecule has 0 radical (unpaired) electrons. The molecule has 0 saturated carbocycles. The predicted octanol–water partition coefficient (Wildman–Crippen LogP) is 2.64. The maximum Gasteiger partial charge on any atom is 0.270 e. The van der Waals surface area contributed by atoms with Gasteiger partial charge in [0.2, 0.25) is 12.2 Å². The summed E-state index contributed by atoms with van der Waals surface area (Å²) < 4.78 is 16.7. The van der Waals surface area contributed by atoms with Crippen molar-refractivity contribution >= 4 is 23.2 Å². The number of nitro benzene ring substituents is 1. The van der Waals surface area contributed by atoms with Crippen LogP contribution < -0.4 is 15.4 Å². The highest BCUT2D eigenvalue weighted by Gasteiger charge is 2.52. The van der Waals surface area contributed by atoms with Gasteiger partial charge in [-0.2, -0.15) is 5.26 Å². The van der Waals surface area contributed by atoms with Gasteiger partial charge in [-0.1, -0.05) is 29.8 Å². The summed E-state index contributed by atoms with van der Waals surface area (Å²) >= 11 is 6.20. The second kappa shape index (κ2) is 10.7. The third-order valence-corrected chi connectivity index (χ3v) is 5.90. The summed E-state index contributed by atoms with van der Waals surface area (Å²) in [5.74, 6) is 0.303. The van der Waals surface area contributed by atoms with Gasteiger partial charge in [0.1, 0.15) is 11.9 Å². The molecule has 12 heteroatoms. The molecule has 1 aliphatic heterocycles. The predicted molar refractivity (Wildman–Crippen MR) is 123 cm³/mol. The molecule has 0 fully saturated rings. The first-order chi connectivity index (χ1) is 16.2. The highest BCUT2D eigenvalue weighted by Crippen LogP contribution is 2.43. The lowest BCUT2D eigenvalue weighted by Crippen LogP contribution is -2.62. The molecule has 2 aromatic carbocycles. The first-order valence-corrected chi connectivity index (χ1v) is 10.5. The van der Waals surface area contributed by atoms with Crippen LogP contribution in [0.25, 0.3) is 0 Å². The smallest absolute Gasteiger partial charge is 0.270 e. The van der Waals surface area contributed by atoms with Gasteiger partial charge in [0.25, 0.3) is 5.69 Å². The molecular formula is C22H24ClN5O6. The summed E-state index contributed by atoms with van der Waals surface area (Å²) in [7, 11) is 2.80. The van der Waals surface area contributed by atoms with E-state index in [1.807, 2.05) is 6.07 Å². The number of methoxy groups -OCH3 is 2. The zero-order chi connectivity index (χ0) is 24.9. The lowest BCUT2D eigenvalue weighted by Gasteiger charge is -2.46. The number of non-ortho nitro benzene ring substituents is 1. The first kappa shape index (κ1) is 25.2. The van der Waals surface area contributed by atoms with Crippen LogP contribution in [0.4, 0.5) is 5.69 Å². The fourth-order valence-electron chi connectivity index (χ4n) is 3.83. The van der Waals surface area contributed by atoms with Crippen molar-refractivity contribution in [1.29, 1.82) is 5.26 Å². The monoisotopic (exact) mass is 489 g/mol. The molecule has 0 aliphatic carbocycles. The molecular weight excluding hydrogens is 466 g/mol. The molecule has 2 aromatic rings. The van der Waals surface area contributed by atoms with Crippen molar-refractivity contribution in [2.24, 2.45) is 4.99 Å². The summed E-state index contributed by atoms with van der Waals surface area (Å²) in [6.07, 6.45) is -0.617. The van der Waals surface area contributed by atoms with Gasteiger partial charge in [-0.05, 0) is 24.6 Å². The van der Waals surface area contributed by atoms with Crippen LogP contribution in [0.2, 0.25) is 5.02 Å². The number of nitriles is 1. The zero-order valence-corrected chi connectivity index (χ0v) is 19.4. The fraction of sp³-hybridized carbons (Fsp3) is 0.364. The number of hydrogen-bond acceptors (Lipinski definition) is 8. The number of aliphatic hydroxyl groups excluding tert-OH is 1. The Labute approximate surface area is 201 Å². The van der Waals surface area contributed by atoms with E-state index in [9.17, 15) is 20.5 Å². The number of halogens is 1. The van der Waals surface area contributed by atoms with Crippen LogP contribution in [-0.4, -0.2) is 48.2 Å². The summed E-state index contributed by atoms with van der Waals surface area (Å²) in [6.45, 7) is 1.82. The van der Waals surface area contributed by atoms with Crippen molar-refractivity contribution in [3.8, 4) is 11.9 Å². The van der Waals surface area contributed by atoms with Crippen molar-refractivity contribution in [2.75, 3.05) is 14.2 Å². The molecule has 11 nitrogen and oxygen atoms in total. The maximum atomic E-state index is 11.4. The van der Waals surface area contributed by atoms with E-state index in [1.165, 1.54) is 32.4 Å². The van der Waals surface area contributed by atoms with Gasteiger partial charge < -0.3 is 30.0 Å². The van der Waals surface area contributed by atoms with E-state index >= 15 is 0 Å². The first-order valence-electron chi connectivity index (χ1n) is 10.2. The van der Waals surface area contributed by atoms with Crippen LogP contribution in [0.1, 0.15) is 24.1 Å². The Balaban J connectivity index is 1.99. The van der Waals surface area contributed by atoms with E-state index in [0.29, 0.717) is 10.6 Å². The van der Waals surface area contributed by atoms with E-state index < -0.39 is 29.0 Å². The Bertz CT molecular complexity index is 1120. The average Bonchev–Trinajstić information content (AvgIpc) is 2.81. The minimum absolute atomic E-state index is 0.0274. The van der Waals surface area contributed by atoms with Crippen molar-refractivity contribution in [2.45, 2.75) is 37.5 Å². The maximum absolute atomic E-state index is 11.4. The molecule has 3 N–H and O–H groups in total. The number of benzene rings is 2.